The lowest BCUT2D eigenvalue weighted by Crippen LogP contribution is -2.31. The fourth-order valence-corrected chi connectivity index (χ4v) is 3.15. The van der Waals surface area contributed by atoms with Gasteiger partial charge in [0, 0.05) is 31.3 Å². The minimum Gasteiger partial charge on any atom is -0.487 e. The van der Waals surface area contributed by atoms with Gasteiger partial charge in [-0.15, -0.1) is 0 Å². The summed E-state index contributed by atoms with van der Waals surface area (Å²) < 4.78 is 32.9. The van der Waals surface area contributed by atoms with Crippen LogP contribution < -0.4 is 10.1 Å². The zero-order valence-corrected chi connectivity index (χ0v) is 16.6. The number of nitrogens with zero attached hydrogens (tertiary/aromatic N) is 2. The molecule has 2 heterocycles. The number of ether oxygens (including phenoxy) is 1. The third kappa shape index (κ3) is 5.60. The lowest BCUT2D eigenvalue weighted by molar-refractivity contribution is 0.0767. The van der Waals surface area contributed by atoms with Gasteiger partial charge in [0.05, 0.1) is 18.3 Å². The number of hydrogen-bond donors (Lipinski definition) is 1. The largest absolute Gasteiger partial charge is 0.487 e. The summed E-state index contributed by atoms with van der Waals surface area (Å²) >= 11 is 0. The first-order valence-corrected chi connectivity index (χ1v) is 9.66. The number of hydrogen-bond acceptors (Lipinski definition) is 4. The van der Waals surface area contributed by atoms with Gasteiger partial charge >= 0.3 is 0 Å². The second-order valence-electron chi connectivity index (χ2n) is 7.19. The summed E-state index contributed by atoms with van der Waals surface area (Å²) in [4.78, 5) is 18.2. The first-order valence-electron chi connectivity index (χ1n) is 9.66. The van der Waals surface area contributed by atoms with Crippen LogP contribution in [-0.2, 0) is 0 Å². The normalized spacial score (nSPS) is 17.7. The Morgan fingerprint density at radius 3 is 2.97 bits per heavy atom. The van der Waals surface area contributed by atoms with E-state index in [1.807, 2.05) is 19.2 Å². The molecule has 0 spiro atoms. The van der Waals surface area contributed by atoms with Gasteiger partial charge in [-0.25, -0.2) is 8.78 Å². The fourth-order valence-electron chi connectivity index (χ4n) is 3.15. The highest BCUT2D eigenvalue weighted by Gasteiger charge is 2.29. The maximum absolute atomic E-state index is 13.9. The van der Waals surface area contributed by atoms with Crippen LogP contribution in [0.3, 0.4) is 0 Å². The first kappa shape index (κ1) is 20.9. The zero-order valence-electron chi connectivity index (χ0n) is 16.6. The van der Waals surface area contributed by atoms with Gasteiger partial charge in [0.1, 0.15) is 23.5 Å². The molecular weight excluding hydrogens is 376 g/mol. The molecule has 0 radical (unpaired) electrons. The molecule has 0 saturated carbocycles. The van der Waals surface area contributed by atoms with Crippen molar-refractivity contribution in [2.45, 2.75) is 31.9 Å². The summed E-state index contributed by atoms with van der Waals surface area (Å²) in [6, 6.07) is 5.28. The fraction of sp³-hybridized carbons (Fsp3) is 0.364. The van der Waals surface area contributed by atoms with Crippen molar-refractivity contribution in [2.24, 2.45) is 0 Å². The summed E-state index contributed by atoms with van der Waals surface area (Å²) in [6.45, 7) is 2.90. The highest BCUT2D eigenvalue weighted by Crippen LogP contribution is 2.22. The number of likely N-dealkylation sites (tertiary alicyclic amines) is 1. The van der Waals surface area contributed by atoms with E-state index in [-0.39, 0.29) is 11.7 Å². The Morgan fingerprint density at radius 2 is 2.21 bits per heavy atom. The van der Waals surface area contributed by atoms with Crippen molar-refractivity contribution in [3.63, 3.8) is 0 Å². The van der Waals surface area contributed by atoms with E-state index in [0.717, 1.165) is 24.1 Å². The smallest absolute Gasteiger partial charge is 0.256 e. The summed E-state index contributed by atoms with van der Waals surface area (Å²) in [7, 11) is 1.93. The lowest BCUT2D eigenvalue weighted by atomic mass is 10.2. The molecule has 1 aromatic carbocycles. The van der Waals surface area contributed by atoms with Crippen LogP contribution in [0.25, 0.3) is 6.08 Å². The maximum atomic E-state index is 13.9. The van der Waals surface area contributed by atoms with E-state index >= 15 is 0 Å². The SMILES string of the molecule is CN[C@@H](C)CC=Cc1cncc(O[C@@H]2CCN(C(=O)c3ccc(F)cc3F)C2)c1. The van der Waals surface area contributed by atoms with Crippen molar-refractivity contribution in [3.05, 3.63) is 65.5 Å². The second-order valence-corrected chi connectivity index (χ2v) is 7.19. The van der Waals surface area contributed by atoms with Gasteiger partial charge in [0.15, 0.2) is 0 Å². The van der Waals surface area contributed by atoms with Gasteiger partial charge < -0.3 is 15.0 Å². The van der Waals surface area contributed by atoms with Gasteiger partial charge in [0.25, 0.3) is 5.91 Å². The van der Waals surface area contributed by atoms with Gasteiger partial charge in [-0.3, -0.25) is 9.78 Å². The quantitative estimate of drug-likeness (QED) is 0.769. The monoisotopic (exact) mass is 401 g/mol. The molecule has 5 nitrogen and oxygen atoms in total. The number of carbonyl (C=O) groups excluding carboxylic acids is 1. The average molecular weight is 401 g/mol. The second kappa shape index (κ2) is 9.60. The molecular formula is C22H25F2N3O2. The van der Waals surface area contributed by atoms with Crippen LogP contribution in [0.1, 0.15) is 35.7 Å². The van der Waals surface area contributed by atoms with Crippen LogP contribution in [0.2, 0.25) is 0 Å². The van der Waals surface area contributed by atoms with Crippen LogP contribution in [0.5, 0.6) is 5.75 Å². The molecule has 2 aromatic rings. The van der Waals surface area contributed by atoms with Crippen molar-refractivity contribution in [1.29, 1.82) is 0 Å². The average Bonchev–Trinajstić information content (AvgIpc) is 3.16. The highest BCUT2D eigenvalue weighted by atomic mass is 19.1. The Labute approximate surface area is 169 Å². The summed E-state index contributed by atoms with van der Waals surface area (Å²) in [5.41, 5.74) is 0.807. The van der Waals surface area contributed by atoms with E-state index < -0.39 is 17.5 Å². The van der Waals surface area contributed by atoms with E-state index in [1.165, 1.54) is 11.0 Å². The van der Waals surface area contributed by atoms with Crippen molar-refractivity contribution < 1.29 is 18.3 Å². The first-order chi connectivity index (χ1) is 14.0. The lowest BCUT2D eigenvalue weighted by Gasteiger charge is -2.17. The van der Waals surface area contributed by atoms with E-state index in [2.05, 4.69) is 23.3 Å². The summed E-state index contributed by atoms with van der Waals surface area (Å²) in [5.74, 6) is -1.39. The van der Waals surface area contributed by atoms with Crippen molar-refractivity contribution in [2.75, 3.05) is 20.1 Å². The van der Waals surface area contributed by atoms with Crippen LogP contribution in [-0.4, -0.2) is 48.1 Å². The molecule has 0 bridgehead atoms. The topological polar surface area (TPSA) is 54.5 Å². The van der Waals surface area contributed by atoms with Gasteiger partial charge in [0.2, 0.25) is 0 Å². The Morgan fingerprint density at radius 1 is 1.38 bits per heavy atom. The molecule has 1 aromatic heterocycles. The number of amides is 1. The van der Waals surface area contributed by atoms with Crippen molar-refractivity contribution in [3.8, 4) is 5.75 Å². The minimum absolute atomic E-state index is 0.128. The van der Waals surface area contributed by atoms with Gasteiger partial charge in [-0.2, -0.15) is 0 Å². The third-order valence-corrected chi connectivity index (χ3v) is 4.92. The summed E-state index contributed by atoms with van der Waals surface area (Å²) in [5, 5.41) is 3.18. The van der Waals surface area contributed by atoms with E-state index in [9.17, 15) is 13.6 Å². The number of rotatable bonds is 7. The zero-order chi connectivity index (χ0) is 20.8. The molecule has 1 saturated heterocycles. The molecule has 3 rings (SSSR count). The van der Waals surface area contributed by atoms with Crippen LogP contribution in [0.4, 0.5) is 8.78 Å². The molecule has 0 unspecified atom stereocenters. The van der Waals surface area contributed by atoms with Crippen molar-refractivity contribution in [1.82, 2.24) is 15.2 Å². The molecule has 7 heteroatoms. The van der Waals surface area contributed by atoms with E-state index in [1.54, 1.807) is 12.4 Å². The number of halogens is 2. The molecule has 1 fully saturated rings. The molecule has 1 aliphatic heterocycles. The Kier molecular flexibility index (Phi) is 6.93. The molecule has 1 aliphatic rings. The molecule has 154 valence electrons. The number of carbonyl (C=O) groups is 1. The third-order valence-electron chi connectivity index (χ3n) is 4.92. The summed E-state index contributed by atoms with van der Waals surface area (Å²) in [6.07, 6.45) is 8.81. The molecule has 0 aliphatic carbocycles. The number of nitrogens with one attached hydrogen (secondary N) is 1. The molecule has 2 atom stereocenters. The number of pyridine rings is 1. The van der Waals surface area contributed by atoms with Crippen LogP contribution in [0, 0.1) is 11.6 Å². The predicted molar refractivity (Wildman–Crippen MR) is 108 cm³/mol. The maximum Gasteiger partial charge on any atom is 0.256 e. The number of aromatic nitrogens is 1. The standard InChI is InChI=1S/C22H25F2N3O2/c1-15(25-2)4-3-5-16-10-19(13-26-12-16)29-18-8-9-27(14-18)22(28)20-7-6-17(23)11-21(20)24/h3,5-7,10-13,15,18,25H,4,8-9,14H2,1-2H3/t15-,18+/m0/s1. The van der Waals surface area contributed by atoms with E-state index in [0.29, 0.717) is 31.3 Å². The Balaban J connectivity index is 1.58. The van der Waals surface area contributed by atoms with Crippen molar-refractivity contribution >= 4 is 12.0 Å². The van der Waals surface area contributed by atoms with Gasteiger partial charge in [-0.05, 0) is 44.2 Å². The number of benzene rings is 1. The van der Waals surface area contributed by atoms with Gasteiger partial charge in [-0.1, -0.05) is 12.2 Å². The molecule has 1 amide bonds. The molecule has 1 N–H and O–H groups in total. The molecule has 29 heavy (non-hydrogen) atoms. The Bertz CT molecular complexity index is 888. The Hall–Kier alpha value is -2.80. The van der Waals surface area contributed by atoms with Crippen LogP contribution >= 0.6 is 0 Å². The van der Waals surface area contributed by atoms with E-state index in [4.69, 9.17) is 4.74 Å². The van der Waals surface area contributed by atoms with Crippen LogP contribution in [0.15, 0.2) is 42.7 Å². The predicted octanol–water partition coefficient (Wildman–Crippen LogP) is 3.66. The highest BCUT2D eigenvalue weighted by molar-refractivity contribution is 5.94. The minimum atomic E-state index is -0.851.